The first-order chi connectivity index (χ1) is 11.0. The minimum absolute atomic E-state index is 0.202. The maximum absolute atomic E-state index is 12.0. The molecule has 0 spiro atoms. The Morgan fingerprint density at radius 3 is 2.87 bits per heavy atom. The summed E-state index contributed by atoms with van der Waals surface area (Å²) in [5, 5.41) is 12.7. The molecule has 0 unspecified atom stereocenters. The molecule has 1 N–H and O–H groups in total. The zero-order valence-electron chi connectivity index (χ0n) is 12.7. The van der Waals surface area contributed by atoms with Crippen molar-refractivity contribution in [3.05, 3.63) is 40.8 Å². The number of carbonyl (C=O) groups is 1. The normalized spacial score (nSPS) is 16.3. The zero-order chi connectivity index (χ0) is 16.4. The number of benzene rings is 1. The molecule has 6 nitrogen and oxygen atoms in total. The molecule has 1 aromatic heterocycles. The smallest absolute Gasteiger partial charge is 0.336 e. The van der Waals surface area contributed by atoms with Crippen LogP contribution in [0, 0.1) is 17.2 Å². The first-order valence-corrected chi connectivity index (χ1v) is 7.39. The van der Waals surface area contributed by atoms with Gasteiger partial charge in [0.2, 0.25) is 0 Å². The fourth-order valence-electron chi connectivity index (χ4n) is 2.49. The standard InChI is InChI=1S/C17H16N2O4/c1-17(10-18,12-4-5-12)19-15(20)9-22-13-6-2-11-3-7-16(21)23-14(11)8-13/h2-3,6-8,12H,4-5,9H2,1H3,(H,19,20)/t17-/m1/s1. The molecule has 0 radical (unpaired) electrons. The first kappa shape index (κ1) is 15.1. The van der Waals surface area contributed by atoms with Gasteiger partial charge in [-0.3, -0.25) is 4.79 Å². The highest BCUT2D eigenvalue weighted by atomic mass is 16.5. The van der Waals surface area contributed by atoms with Gasteiger partial charge in [0.15, 0.2) is 6.61 Å². The monoisotopic (exact) mass is 312 g/mol. The summed E-state index contributed by atoms with van der Waals surface area (Å²) in [7, 11) is 0. The molecule has 0 bridgehead atoms. The fourth-order valence-corrected chi connectivity index (χ4v) is 2.49. The van der Waals surface area contributed by atoms with Crippen LogP contribution < -0.4 is 15.7 Å². The van der Waals surface area contributed by atoms with Crippen molar-refractivity contribution in [2.75, 3.05) is 6.61 Å². The number of nitrogens with zero attached hydrogens (tertiary/aromatic N) is 1. The lowest BCUT2D eigenvalue weighted by Crippen LogP contribution is -2.48. The summed E-state index contributed by atoms with van der Waals surface area (Å²) in [6.45, 7) is 1.53. The van der Waals surface area contributed by atoms with Gasteiger partial charge in [-0.05, 0) is 43.9 Å². The summed E-state index contributed by atoms with van der Waals surface area (Å²) in [5.41, 5.74) is -0.881. The van der Waals surface area contributed by atoms with E-state index in [1.165, 1.54) is 6.07 Å². The molecular weight excluding hydrogens is 296 g/mol. The Hall–Kier alpha value is -2.81. The molecule has 23 heavy (non-hydrogen) atoms. The van der Waals surface area contributed by atoms with E-state index in [0.717, 1.165) is 18.2 Å². The van der Waals surface area contributed by atoms with Gasteiger partial charge < -0.3 is 14.5 Å². The zero-order valence-corrected chi connectivity index (χ0v) is 12.7. The van der Waals surface area contributed by atoms with Crippen molar-refractivity contribution in [3.63, 3.8) is 0 Å². The van der Waals surface area contributed by atoms with E-state index in [2.05, 4.69) is 11.4 Å². The summed E-state index contributed by atoms with van der Waals surface area (Å²) in [6, 6.07) is 10.2. The molecule has 1 atom stereocenters. The summed E-state index contributed by atoms with van der Waals surface area (Å²) >= 11 is 0. The van der Waals surface area contributed by atoms with Crippen LogP contribution in [0.25, 0.3) is 11.0 Å². The Bertz CT molecular complexity index is 848. The third-order valence-corrected chi connectivity index (χ3v) is 3.99. The minimum atomic E-state index is -0.837. The highest BCUT2D eigenvalue weighted by Gasteiger charge is 2.43. The average Bonchev–Trinajstić information content (AvgIpc) is 3.37. The molecule has 6 heteroatoms. The number of nitrogens with one attached hydrogen (secondary N) is 1. The van der Waals surface area contributed by atoms with Crippen molar-refractivity contribution in [2.24, 2.45) is 5.92 Å². The number of amides is 1. The SMILES string of the molecule is C[C@](C#N)(NC(=O)COc1ccc2ccc(=O)oc2c1)C1CC1. The van der Waals surface area contributed by atoms with E-state index in [-0.39, 0.29) is 18.4 Å². The van der Waals surface area contributed by atoms with Crippen molar-refractivity contribution in [1.82, 2.24) is 5.32 Å². The van der Waals surface area contributed by atoms with Gasteiger partial charge in [0.25, 0.3) is 5.91 Å². The van der Waals surface area contributed by atoms with Gasteiger partial charge in [-0.25, -0.2) is 4.79 Å². The lowest BCUT2D eigenvalue weighted by Gasteiger charge is -2.22. The van der Waals surface area contributed by atoms with Crippen molar-refractivity contribution >= 4 is 16.9 Å². The van der Waals surface area contributed by atoms with Crippen molar-refractivity contribution < 1.29 is 13.9 Å². The molecule has 2 aromatic rings. The molecule has 1 aromatic carbocycles. The molecule has 1 fully saturated rings. The minimum Gasteiger partial charge on any atom is -0.484 e. The topological polar surface area (TPSA) is 92.3 Å². The van der Waals surface area contributed by atoms with Gasteiger partial charge in [-0.15, -0.1) is 0 Å². The summed E-state index contributed by atoms with van der Waals surface area (Å²) in [5.74, 6) is 0.286. The number of hydrogen-bond donors (Lipinski definition) is 1. The third-order valence-electron chi connectivity index (χ3n) is 3.99. The van der Waals surface area contributed by atoms with Crippen LogP contribution in [0.3, 0.4) is 0 Å². The van der Waals surface area contributed by atoms with Crippen LogP contribution in [0.5, 0.6) is 5.75 Å². The van der Waals surface area contributed by atoms with Gasteiger partial charge >= 0.3 is 5.63 Å². The molecule has 1 amide bonds. The maximum Gasteiger partial charge on any atom is 0.336 e. The van der Waals surface area contributed by atoms with Gasteiger partial charge in [0.05, 0.1) is 6.07 Å². The summed E-state index contributed by atoms with van der Waals surface area (Å²) < 4.78 is 10.5. The van der Waals surface area contributed by atoms with Gasteiger partial charge in [-0.1, -0.05) is 0 Å². The average molecular weight is 312 g/mol. The molecule has 118 valence electrons. The van der Waals surface area contributed by atoms with Crippen molar-refractivity contribution in [1.29, 1.82) is 5.26 Å². The van der Waals surface area contributed by atoms with E-state index in [1.807, 2.05) is 0 Å². The number of hydrogen-bond acceptors (Lipinski definition) is 5. The lowest BCUT2D eigenvalue weighted by molar-refractivity contribution is -0.124. The predicted molar refractivity (Wildman–Crippen MR) is 82.9 cm³/mol. The molecule has 0 saturated heterocycles. The molecule has 0 aliphatic heterocycles. The van der Waals surface area contributed by atoms with E-state index < -0.39 is 11.2 Å². The largest absolute Gasteiger partial charge is 0.484 e. The van der Waals surface area contributed by atoms with Crippen LogP contribution in [-0.2, 0) is 4.79 Å². The first-order valence-electron chi connectivity index (χ1n) is 7.39. The lowest BCUT2D eigenvalue weighted by atomic mass is 9.98. The quantitative estimate of drug-likeness (QED) is 0.852. The number of rotatable bonds is 5. The van der Waals surface area contributed by atoms with Crippen LogP contribution in [0.1, 0.15) is 19.8 Å². The van der Waals surface area contributed by atoms with Crippen LogP contribution in [0.4, 0.5) is 0 Å². The number of ether oxygens (including phenoxy) is 1. The molecule has 1 aliphatic carbocycles. The second kappa shape index (κ2) is 5.76. The van der Waals surface area contributed by atoms with E-state index >= 15 is 0 Å². The van der Waals surface area contributed by atoms with E-state index in [9.17, 15) is 14.9 Å². The predicted octanol–water partition coefficient (Wildman–Crippen LogP) is 1.98. The van der Waals surface area contributed by atoms with E-state index in [4.69, 9.17) is 9.15 Å². The highest BCUT2D eigenvalue weighted by Crippen LogP contribution is 2.39. The Morgan fingerprint density at radius 2 is 2.17 bits per heavy atom. The number of fused-ring (bicyclic) bond motifs is 1. The van der Waals surface area contributed by atoms with Crippen LogP contribution in [-0.4, -0.2) is 18.1 Å². The summed E-state index contributed by atoms with van der Waals surface area (Å²) in [6.07, 6.45) is 1.91. The van der Waals surface area contributed by atoms with E-state index in [1.54, 1.807) is 31.2 Å². The molecule has 1 saturated carbocycles. The fraction of sp³-hybridized carbons (Fsp3) is 0.353. The third kappa shape index (κ3) is 3.34. The molecular formula is C17H16N2O4. The maximum atomic E-state index is 12.0. The second-order valence-corrected chi connectivity index (χ2v) is 5.88. The summed E-state index contributed by atoms with van der Waals surface area (Å²) in [4.78, 5) is 23.2. The Kier molecular flexibility index (Phi) is 3.78. The van der Waals surface area contributed by atoms with Gasteiger partial charge in [0.1, 0.15) is 16.9 Å². The number of nitriles is 1. The number of carbonyl (C=O) groups excluding carboxylic acids is 1. The van der Waals surface area contributed by atoms with Gasteiger partial charge in [0, 0.05) is 17.5 Å². The Morgan fingerprint density at radius 1 is 1.43 bits per heavy atom. The Balaban J connectivity index is 1.65. The van der Waals surface area contributed by atoms with E-state index in [0.29, 0.717) is 11.3 Å². The van der Waals surface area contributed by atoms with Crippen LogP contribution >= 0.6 is 0 Å². The van der Waals surface area contributed by atoms with Crippen molar-refractivity contribution in [2.45, 2.75) is 25.3 Å². The highest BCUT2D eigenvalue weighted by molar-refractivity contribution is 5.80. The Labute approximate surface area is 132 Å². The molecule has 1 aliphatic rings. The second-order valence-electron chi connectivity index (χ2n) is 5.88. The van der Waals surface area contributed by atoms with Gasteiger partial charge in [-0.2, -0.15) is 5.26 Å². The van der Waals surface area contributed by atoms with Crippen LogP contribution in [0.2, 0.25) is 0 Å². The molecule has 3 rings (SSSR count). The van der Waals surface area contributed by atoms with Crippen LogP contribution in [0.15, 0.2) is 39.5 Å². The van der Waals surface area contributed by atoms with Crippen molar-refractivity contribution in [3.8, 4) is 11.8 Å². The molecule has 1 heterocycles.